The fraction of sp³-hybridized carbons (Fsp3) is 0.333. The number of carbonyl (C=O) groups is 1. The third kappa shape index (κ3) is 3.62. The van der Waals surface area contributed by atoms with Gasteiger partial charge in [0.05, 0.1) is 12.2 Å². The van der Waals surface area contributed by atoms with Gasteiger partial charge in [-0.05, 0) is 43.0 Å². The summed E-state index contributed by atoms with van der Waals surface area (Å²) in [6, 6.07) is 11.6. The largest absolute Gasteiger partial charge is 0.335 e. The average molecular weight is 409 g/mol. The van der Waals surface area contributed by atoms with Crippen molar-refractivity contribution in [3.8, 4) is 0 Å². The van der Waals surface area contributed by atoms with Gasteiger partial charge in [0.1, 0.15) is 11.6 Å². The maximum Gasteiger partial charge on any atom is 0.223 e. The van der Waals surface area contributed by atoms with Crippen LogP contribution in [0.2, 0.25) is 0 Å². The molecule has 0 fully saturated rings. The molecule has 3 aromatic rings. The molecule has 1 aliphatic heterocycles. The van der Waals surface area contributed by atoms with E-state index in [1.165, 1.54) is 17.7 Å². The van der Waals surface area contributed by atoms with E-state index in [0.717, 1.165) is 22.9 Å². The van der Waals surface area contributed by atoms with Crippen molar-refractivity contribution in [3.05, 3.63) is 88.2 Å². The quantitative estimate of drug-likeness (QED) is 0.628. The molecule has 0 aliphatic carbocycles. The third-order valence-corrected chi connectivity index (χ3v) is 6.26. The molecule has 4 nitrogen and oxygen atoms in total. The van der Waals surface area contributed by atoms with Crippen molar-refractivity contribution in [2.75, 3.05) is 6.54 Å². The van der Waals surface area contributed by atoms with E-state index >= 15 is 0 Å². The average Bonchev–Trinajstić information content (AvgIpc) is 3.06. The molecule has 4 rings (SSSR count). The van der Waals surface area contributed by atoms with E-state index in [2.05, 4.69) is 17.2 Å². The van der Waals surface area contributed by atoms with Crippen LogP contribution in [0.5, 0.6) is 0 Å². The lowest BCUT2D eigenvalue weighted by Crippen LogP contribution is -2.41. The molecule has 0 saturated heterocycles. The summed E-state index contributed by atoms with van der Waals surface area (Å²) in [5.41, 5.74) is 4.88. The van der Waals surface area contributed by atoms with Crippen molar-refractivity contribution in [2.45, 2.75) is 38.6 Å². The van der Waals surface area contributed by atoms with Crippen LogP contribution < -0.4 is 0 Å². The zero-order valence-electron chi connectivity index (χ0n) is 17.4. The Morgan fingerprint density at radius 2 is 1.87 bits per heavy atom. The minimum Gasteiger partial charge on any atom is -0.335 e. The highest BCUT2D eigenvalue weighted by atomic mass is 19.1. The van der Waals surface area contributed by atoms with E-state index < -0.39 is 11.6 Å². The Balaban J connectivity index is 1.60. The number of aromatic nitrogens is 2. The molecule has 1 aliphatic rings. The van der Waals surface area contributed by atoms with Crippen LogP contribution in [0.25, 0.3) is 0 Å². The Morgan fingerprint density at radius 3 is 2.53 bits per heavy atom. The third-order valence-electron chi connectivity index (χ3n) is 6.26. The summed E-state index contributed by atoms with van der Waals surface area (Å²) in [4.78, 5) is 15.0. The molecule has 0 radical (unpaired) electrons. The van der Waals surface area contributed by atoms with E-state index in [0.29, 0.717) is 12.1 Å². The molecule has 0 unspecified atom stereocenters. The summed E-state index contributed by atoms with van der Waals surface area (Å²) >= 11 is 0. The van der Waals surface area contributed by atoms with Gasteiger partial charge in [0.25, 0.3) is 0 Å². The van der Waals surface area contributed by atoms with Gasteiger partial charge in [0.15, 0.2) is 0 Å². The van der Waals surface area contributed by atoms with Gasteiger partial charge in [-0.2, -0.15) is 5.10 Å². The summed E-state index contributed by atoms with van der Waals surface area (Å²) < 4.78 is 29.0. The fourth-order valence-corrected chi connectivity index (χ4v) is 4.38. The second-order valence-corrected chi connectivity index (χ2v) is 7.95. The van der Waals surface area contributed by atoms with Crippen LogP contribution in [0.1, 0.15) is 53.3 Å². The number of amides is 1. The second kappa shape index (κ2) is 8.01. The second-order valence-electron chi connectivity index (χ2n) is 7.95. The number of carbonyl (C=O) groups excluding carboxylic acids is 1. The Bertz CT molecular complexity index is 1090. The molecule has 0 saturated carbocycles. The highest BCUT2D eigenvalue weighted by Crippen LogP contribution is 2.40. The molecule has 1 aromatic heterocycles. The first-order valence-electron chi connectivity index (χ1n) is 10.2. The van der Waals surface area contributed by atoms with Crippen LogP contribution in [0.3, 0.4) is 0 Å². The van der Waals surface area contributed by atoms with Gasteiger partial charge in [-0.3, -0.25) is 9.48 Å². The lowest BCUT2D eigenvalue weighted by atomic mass is 9.81. The lowest BCUT2D eigenvalue weighted by Gasteiger charge is -2.40. The summed E-state index contributed by atoms with van der Waals surface area (Å²) in [6.07, 6.45) is 2.30. The van der Waals surface area contributed by atoms with Crippen molar-refractivity contribution < 1.29 is 13.6 Å². The monoisotopic (exact) mass is 409 g/mol. The minimum absolute atomic E-state index is 0.0349. The SMILES string of the molecule is Cc1c([C@H]2CN(C(=O)CCc3ccc(F)cc3F)[C@@H](C)c3ccccc32)cnn1C. The number of fused-ring (bicyclic) bond motifs is 1. The molecule has 0 spiro atoms. The Kier molecular flexibility index (Phi) is 5.41. The van der Waals surface area contributed by atoms with E-state index in [1.54, 1.807) is 0 Å². The van der Waals surface area contributed by atoms with Gasteiger partial charge in [-0.15, -0.1) is 0 Å². The summed E-state index contributed by atoms with van der Waals surface area (Å²) in [6.45, 7) is 4.61. The number of nitrogens with zero attached hydrogens (tertiary/aromatic N) is 3. The number of benzene rings is 2. The van der Waals surface area contributed by atoms with Gasteiger partial charge in [0.2, 0.25) is 5.91 Å². The molecule has 0 bridgehead atoms. The topological polar surface area (TPSA) is 38.1 Å². The number of halogens is 2. The molecule has 2 atom stereocenters. The van der Waals surface area contributed by atoms with Gasteiger partial charge < -0.3 is 4.90 Å². The predicted octanol–water partition coefficient (Wildman–Crippen LogP) is 4.67. The maximum absolute atomic E-state index is 14.0. The van der Waals surface area contributed by atoms with E-state index in [-0.39, 0.29) is 30.7 Å². The standard InChI is InChI=1S/C24H25F2N3O/c1-15-21(13-27-28(15)3)22-14-29(16(2)19-6-4-5-7-20(19)22)24(30)11-9-17-8-10-18(25)12-23(17)26/h4-8,10,12-13,16,22H,9,11,14H2,1-3H3/t16-,22-/m0/s1. The lowest BCUT2D eigenvalue weighted by molar-refractivity contribution is -0.134. The number of aryl methyl sites for hydroxylation is 2. The van der Waals surface area contributed by atoms with E-state index in [1.807, 2.05) is 48.8 Å². The Morgan fingerprint density at radius 1 is 1.13 bits per heavy atom. The number of hydrogen-bond acceptors (Lipinski definition) is 2. The molecular formula is C24H25F2N3O. The van der Waals surface area contributed by atoms with Crippen molar-refractivity contribution in [3.63, 3.8) is 0 Å². The molecular weight excluding hydrogens is 384 g/mol. The summed E-state index contributed by atoms with van der Waals surface area (Å²) in [7, 11) is 1.91. The normalized spacial score (nSPS) is 18.4. The molecule has 156 valence electrons. The van der Waals surface area contributed by atoms with Gasteiger partial charge in [0, 0.05) is 43.3 Å². The highest BCUT2D eigenvalue weighted by molar-refractivity contribution is 5.77. The zero-order valence-corrected chi connectivity index (χ0v) is 17.4. The molecule has 30 heavy (non-hydrogen) atoms. The summed E-state index contributed by atoms with van der Waals surface area (Å²) in [5, 5.41) is 4.39. The molecule has 2 aromatic carbocycles. The highest BCUT2D eigenvalue weighted by Gasteiger charge is 2.35. The summed E-state index contributed by atoms with van der Waals surface area (Å²) in [5.74, 6) is -1.22. The zero-order chi connectivity index (χ0) is 21.4. The fourth-order valence-electron chi connectivity index (χ4n) is 4.38. The molecule has 6 heteroatoms. The van der Waals surface area contributed by atoms with E-state index in [9.17, 15) is 13.6 Å². The maximum atomic E-state index is 14.0. The van der Waals surface area contributed by atoms with Crippen LogP contribution in [-0.2, 0) is 18.3 Å². The smallest absolute Gasteiger partial charge is 0.223 e. The van der Waals surface area contributed by atoms with Crippen molar-refractivity contribution in [2.24, 2.45) is 7.05 Å². The van der Waals surface area contributed by atoms with Gasteiger partial charge >= 0.3 is 0 Å². The first-order valence-corrected chi connectivity index (χ1v) is 10.2. The van der Waals surface area contributed by atoms with Gasteiger partial charge in [-0.1, -0.05) is 30.3 Å². The molecule has 0 N–H and O–H groups in total. The molecule has 2 heterocycles. The van der Waals surface area contributed by atoms with Crippen LogP contribution in [0, 0.1) is 18.6 Å². The van der Waals surface area contributed by atoms with Crippen LogP contribution >= 0.6 is 0 Å². The minimum atomic E-state index is -0.612. The van der Waals surface area contributed by atoms with Crippen LogP contribution in [0.15, 0.2) is 48.7 Å². The molecule has 1 amide bonds. The first-order chi connectivity index (χ1) is 14.4. The predicted molar refractivity (Wildman–Crippen MR) is 111 cm³/mol. The van der Waals surface area contributed by atoms with Crippen molar-refractivity contribution in [1.29, 1.82) is 0 Å². The van der Waals surface area contributed by atoms with Crippen molar-refractivity contribution in [1.82, 2.24) is 14.7 Å². The Labute approximate surface area is 175 Å². The number of hydrogen-bond donors (Lipinski definition) is 0. The first kappa shape index (κ1) is 20.3. The van der Waals surface area contributed by atoms with Crippen LogP contribution in [0.4, 0.5) is 8.78 Å². The van der Waals surface area contributed by atoms with E-state index in [4.69, 9.17) is 0 Å². The number of rotatable bonds is 4. The Hall–Kier alpha value is -3.02. The van der Waals surface area contributed by atoms with Crippen molar-refractivity contribution >= 4 is 5.91 Å². The van der Waals surface area contributed by atoms with Gasteiger partial charge in [-0.25, -0.2) is 8.78 Å². The van der Waals surface area contributed by atoms with Crippen LogP contribution in [-0.4, -0.2) is 27.1 Å².